The number of ether oxygens (including phenoxy) is 1. The molecule has 0 saturated heterocycles. The van der Waals surface area contributed by atoms with Crippen molar-refractivity contribution in [1.29, 1.82) is 0 Å². The van der Waals surface area contributed by atoms with Gasteiger partial charge in [-0.2, -0.15) is 5.10 Å². The van der Waals surface area contributed by atoms with E-state index in [1.807, 2.05) is 25.3 Å². The molecule has 0 radical (unpaired) electrons. The lowest BCUT2D eigenvalue weighted by molar-refractivity contribution is 0.0930. The van der Waals surface area contributed by atoms with E-state index >= 15 is 0 Å². The Morgan fingerprint density at radius 1 is 1.57 bits per heavy atom. The Kier molecular flexibility index (Phi) is 3.85. The number of fused-ring (bicyclic) bond motifs is 1. The second kappa shape index (κ2) is 5.95. The second-order valence-electron chi connectivity index (χ2n) is 5.23. The smallest absolute Gasteiger partial charge is 0.270 e. The fraction of sp³-hybridized carbons (Fsp3) is 0.400. The molecule has 2 aromatic rings. The van der Waals surface area contributed by atoms with Crippen LogP contribution in [0.25, 0.3) is 0 Å². The SMILES string of the molecule is CC(Cn1cccn1)NC(=O)c1cc2c(cn1)OCCC2. The van der Waals surface area contributed by atoms with Crippen LogP contribution in [0.5, 0.6) is 5.75 Å². The Hall–Kier alpha value is -2.37. The largest absolute Gasteiger partial charge is 0.492 e. The fourth-order valence-corrected chi connectivity index (χ4v) is 2.41. The molecule has 1 aliphatic heterocycles. The molecule has 0 fully saturated rings. The van der Waals surface area contributed by atoms with Crippen LogP contribution in [-0.2, 0) is 13.0 Å². The highest BCUT2D eigenvalue weighted by atomic mass is 16.5. The summed E-state index contributed by atoms with van der Waals surface area (Å²) in [5.74, 6) is 0.630. The molecule has 1 amide bonds. The van der Waals surface area contributed by atoms with Crippen LogP contribution in [0.2, 0.25) is 0 Å². The molecule has 0 saturated carbocycles. The van der Waals surface area contributed by atoms with E-state index in [0.29, 0.717) is 12.2 Å². The van der Waals surface area contributed by atoms with Crippen molar-refractivity contribution in [3.05, 3.63) is 42.0 Å². The van der Waals surface area contributed by atoms with Crippen molar-refractivity contribution in [3.8, 4) is 5.75 Å². The van der Waals surface area contributed by atoms with E-state index in [1.54, 1.807) is 17.1 Å². The topological polar surface area (TPSA) is 69.0 Å². The third-order valence-electron chi connectivity index (χ3n) is 3.43. The highest BCUT2D eigenvalue weighted by molar-refractivity contribution is 5.92. The third kappa shape index (κ3) is 3.21. The van der Waals surface area contributed by atoms with Gasteiger partial charge in [0.1, 0.15) is 11.4 Å². The van der Waals surface area contributed by atoms with Gasteiger partial charge < -0.3 is 10.1 Å². The summed E-state index contributed by atoms with van der Waals surface area (Å²) in [7, 11) is 0. The first-order valence-electron chi connectivity index (χ1n) is 7.12. The van der Waals surface area contributed by atoms with Crippen molar-refractivity contribution in [3.63, 3.8) is 0 Å². The van der Waals surface area contributed by atoms with Gasteiger partial charge in [-0.1, -0.05) is 0 Å². The molecule has 6 heteroatoms. The monoisotopic (exact) mass is 286 g/mol. The Morgan fingerprint density at radius 2 is 2.48 bits per heavy atom. The van der Waals surface area contributed by atoms with Gasteiger partial charge in [-0.25, -0.2) is 4.98 Å². The molecule has 0 spiro atoms. The molecule has 1 unspecified atom stereocenters. The van der Waals surface area contributed by atoms with E-state index < -0.39 is 0 Å². The Balaban J connectivity index is 1.64. The standard InChI is InChI=1S/C15H18N4O2/c1-11(10-19-6-3-5-17-19)18-15(20)13-8-12-4-2-7-21-14(12)9-16-13/h3,5-6,8-9,11H,2,4,7,10H2,1H3,(H,18,20). The summed E-state index contributed by atoms with van der Waals surface area (Å²) in [4.78, 5) is 16.4. The number of amides is 1. The lowest BCUT2D eigenvalue weighted by Gasteiger charge is -2.18. The number of nitrogens with one attached hydrogen (secondary N) is 1. The number of nitrogens with zero attached hydrogens (tertiary/aromatic N) is 3. The van der Waals surface area contributed by atoms with Crippen LogP contribution in [0.3, 0.4) is 0 Å². The molecular weight excluding hydrogens is 268 g/mol. The van der Waals surface area contributed by atoms with E-state index in [4.69, 9.17) is 4.74 Å². The molecule has 0 bridgehead atoms. The normalized spacial score (nSPS) is 14.9. The Morgan fingerprint density at radius 3 is 3.29 bits per heavy atom. The number of aromatic nitrogens is 3. The number of rotatable bonds is 4. The van der Waals surface area contributed by atoms with Crippen molar-refractivity contribution >= 4 is 5.91 Å². The number of hydrogen-bond acceptors (Lipinski definition) is 4. The minimum Gasteiger partial charge on any atom is -0.492 e. The molecule has 1 N–H and O–H groups in total. The molecule has 1 aliphatic rings. The maximum absolute atomic E-state index is 12.2. The minimum absolute atomic E-state index is 0.0218. The van der Waals surface area contributed by atoms with Gasteiger partial charge in [0.2, 0.25) is 0 Å². The summed E-state index contributed by atoms with van der Waals surface area (Å²) in [6.07, 6.45) is 7.15. The lowest BCUT2D eigenvalue weighted by atomic mass is 10.1. The van der Waals surface area contributed by atoms with Crippen molar-refractivity contribution in [2.45, 2.75) is 32.4 Å². The molecule has 6 nitrogen and oxygen atoms in total. The number of carbonyl (C=O) groups excluding carboxylic acids is 1. The zero-order valence-corrected chi connectivity index (χ0v) is 12.0. The van der Waals surface area contributed by atoms with Gasteiger partial charge in [0.15, 0.2) is 0 Å². The molecule has 1 atom stereocenters. The summed E-state index contributed by atoms with van der Waals surface area (Å²) in [6.45, 7) is 3.30. The van der Waals surface area contributed by atoms with Crippen molar-refractivity contribution in [1.82, 2.24) is 20.1 Å². The van der Waals surface area contributed by atoms with Gasteiger partial charge in [-0.3, -0.25) is 9.48 Å². The molecule has 3 rings (SSSR count). The summed E-state index contributed by atoms with van der Waals surface area (Å²) < 4.78 is 7.29. The average molecular weight is 286 g/mol. The molecule has 110 valence electrons. The molecule has 0 aliphatic carbocycles. The Bertz CT molecular complexity index is 625. The first-order chi connectivity index (χ1) is 10.2. The van der Waals surface area contributed by atoms with E-state index in [-0.39, 0.29) is 11.9 Å². The van der Waals surface area contributed by atoms with Crippen molar-refractivity contribution in [2.75, 3.05) is 6.61 Å². The predicted molar refractivity (Wildman–Crippen MR) is 77.2 cm³/mol. The van der Waals surface area contributed by atoms with Gasteiger partial charge in [0.25, 0.3) is 5.91 Å². The van der Waals surface area contributed by atoms with Gasteiger partial charge in [0.05, 0.1) is 19.3 Å². The van der Waals surface area contributed by atoms with E-state index in [9.17, 15) is 4.79 Å². The average Bonchev–Trinajstić information content (AvgIpc) is 2.99. The maximum Gasteiger partial charge on any atom is 0.270 e. The number of hydrogen-bond donors (Lipinski definition) is 1. The van der Waals surface area contributed by atoms with Crippen LogP contribution in [-0.4, -0.2) is 33.3 Å². The summed E-state index contributed by atoms with van der Waals surface area (Å²) in [5.41, 5.74) is 1.49. The van der Waals surface area contributed by atoms with Crippen LogP contribution in [0, 0.1) is 0 Å². The third-order valence-corrected chi connectivity index (χ3v) is 3.43. The van der Waals surface area contributed by atoms with Gasteiger partial charge in [0, 0.05) is 18.4 Å². The first kappa shape index (κ1) is 13.6. The second-order valence-corrected chi connectivity index (χ2v) is 5.23. The maximum atomic E-state index is 12.2. The van der Waals surface area contributed by atoms with Crippen molar-refractivity contribution < 1.29 is 9.53 Å². The minimum atomic E-state index is -0.164. The summed E-state index contributed by atoms with van der Waals surface area (Å²) in [5, 5.41) is 7.07. The highest BCUT2D eigenvalue weighted by Crippen LogP contribution is 2.23. The number of aryl methyl sites for hydroxylation is 1. The zero-order valence-electron chi connectivity index (χ0n) is 12.0. The lowest BCUT2D eigenvalue weighted by Crippen LogP contribution is -2.36. The van der Waals surface area contributed by atoms with Crippen LogP contribution >= 0.6 is 0 Å². The van der Waals surface area contributed by atoms with Crippen LogP contribution in [0.4, 0.5) is 0 Å². The van der Waals surface area contributed by atoms with E-state index in [0.717, 1.165) is 30.8 Å². The van der Waals surface area contributed by atoms with E-state index in [1.165, 1.54) is 0 Å². The van der Waals surface area contributed by atoms with Crippen LogP contribution in [0.15, 0.2) is 30.7 Å². The quantitative estimate of drug-likeness (QED) is 0.923. The Labute approximate surface area is 123 Å². The fourth-order valence-electron chi connectivity index (χ4n) is 2.41. The molecule has 0 aromatic carbocycles. The predicted octanol–water partition coefficient (Wildman–Crippen LogP) is 1.42. The van der Waals surface area contributed by atoms with Crippen LogP contribution in [0.1, 0.15) is 29.4 Å². The van der Waals surface area contributed by atoms with Crippen LogP contribution < -0.4 is 10.1 Å². The van der Waals surface area contributed by atoms with Gasteiger partial charge >= 0.3 is 0 Å². The van der Waals surface area contributed by atoms with Crippen molar-refractivity contribution in [2.24, 2.45) is 0 Å². The number of pyridine rings is 1. The van der Waals surface area contributed by atoms with Gasteiger partial charge in [-0.05, 0) is 37.5 Å². The summed E-state index contributed by atoms with van der Waals surface area (Å²) in [6, 6.07) is 3.66. The highest BCUT2D eigenvalue weighted by Gasteiger charge is 2.16. The molecule has 2 aromatic heterocycles. The van der Waals surface area contributed by atoms with E-state index in [2.05, 4.69) is 15.4 Å². The molecule has 3 heterocycles. The molecule has 21 heavy (non-hydrogen) atoms. The summed E-state index contributed by atoms with van der Waals surface area (Å²) >= 11 is 0. The van der Waals surface area contributed by atoms with Gasteiger partial charge in [-0.15, -0.1) is 0 Å². The first-order valence-corrected chi connectivity index (χ1v) is 7.12. The molecular formula is C15H18N4O2. The zero-order chi connectivity index (χ0) is 14.7. The number of carbonyl (C=O) groups is 1.